The summed E-state index contributed by atoms with van der Waals surface area (Å²) in [6, 6.07) is 2.31. The number of hydrogen-bond donors (Lipinski definition) is 2. The number of halogens is 1. The average molecular weight is 391 g/mol. The first-order chi connectivity index (χ1) is 9.94. The quantitative estimate of drug-likeness (QED) is 0.793. The van der Waals surface area contributed by atoms with Crippen molar-refractivity contribution >= 4 is 43.0 Å². The fraction of sp³-hybridized carbons (Fsp3) is 0.417. The molecule has 2 heterocycles. The van der Waals surface area contributed by atoms with Crippen molar-refractivity contribution in [1.29, 1.82) is 0 Å². The maximum absolute atomic E-state index is 12.4. The Bertz CT molecular complexity index is 749. The van der Waals surface area contributed by atoms with E-state index in [4.69, 9.17) is 0 Å². The Morgan fingerprint density at radius 2 is 2.29 bits per heavy atom. The molecule has 2 aromatic rings. The van der Waals surface area contributed by atoms with Crippen molar-refractivity contribution in [3.05, 3.63) is 27.1 Å². The number of aromatic nitrogens is 2. The lowest BCUT2D eigenvalue weighted by Gasteiger charge is -2.04. The minimum Gasteiger partial charge on any atom is -0.309 e. The van der Waals surface area contributed by atoms with Crippen LogP contribution in [0.3, 0.4) is 0 Å². The van der Waals surface area contributed by atoms with Crippen molar-refractivity contribution in [2.75, 3.05) is 4.72 Å². The number of rotatable bonds is 6. The molecule has 0 aromatic carbocycles. The van der Waals surface area contributed by atoms with E-state index in [9.17, 15) is 8.42 Å². The van der Waals surface area contributed by atoms with E-state index in [2.05, 4.69) is 31.1 Å². The summed E-state index contributed by atoms with van der Waals surface area (Å²) in [5.74, 6) is 0. The summed E-state index contributed by atoms with van der Waals surface area (Å²) < 4.78 is 29.5. The van der Waals surface area contributed by atoms with Crippen molar-refractivity contribution in [2.45, 2.75) is 30.3 Å². The van der Waals surface area contributed by atoms with Crippen molar-refractivity contribution in [3.63, 3.8) is 0 Å². The molecule has 0 saturated heterocycles. The van der Waals surface area contributed by atoms with Gasteiger partial charge in [0.25, 0.3) is 10.0 Å². The van der Waals surface area contributed by atoms with Crippen LogP contribution in [-0.4, -0.2) is 24.2 Å². The summed E-state index contributed by atoms with van der Waals surface area (Å²) in [6.07, 6.45) is 5.52. The Labute approximate surface area is 135 Å². The van der Waals surface area contributed by atoms with E-state index < -0.39 is 10.0 Å². The van der Waals surface area contributed by atoms with Gasteiger partial charge in [-0.3, -0.25) is 9.40 Å². The van der Waals surface area contributed by atoms with E-state index >= 15 is 0 Å². The van der Waals surface area contributed by atoms with Gasteiger partial charge in [-0.25, -0.2) is 8.42 Å². The largest absolute Gasteiger partial charge is 0.309 e. The Morgan fingerprint density at radius 3 is 2.90 bits per heavy atom. The molecule has 0 bridgehead atoms. The fourth-order valence-electron chi connectivity index (χ4n) is 1.88. The first kappa shape index (κ1) is 15.0. The number of nitrogens with zero attached hydrogens (tertiary/aromatic N) is 2. The van der Waals surface area contributed by atoms with E-state index in [1.165, 1.54) is 30.4 Å². The molecule has 114 valence electrons. The van der Waals surface area contributed by atoms with E-state index in [0.29, 0.717) is 22.1 Å². The summed E-state index contributed by atoms with van der Waals surface area (Å²) in [5, 5.41) is 7.33. The van der Waals surface area contributed by atoms with Gasteiger partial charge in [0.05, 0.1) is 15.7 Å². The summed E-state index contributed by atoms with van der Waals surface area (Å²) in [4.78, 5) is 1.27. The topological polar surface area (TPSA) is 76.0 Å². The van der Waals surface area contributed by atoms with Gasteiger partial charge < -0.3 is 5.32 Å². The van der Waals surface area contributed by atoms with Gasteiger partial charge in [0, 0.05) is 30.7 Å². The van der Waals surface area contributed by atoms with Crippen LogP contribution in [0.1, 0.15) is 17.7 Å². The highest BCUT2D eigenvalue weighted by Gasteiger charge is 2.24. The van der Waals surface area contributed by atoms with Crippen LogP contribution in [0.25, 0.3) is 0 Å². The van der Waals surface area contributed by atoms with Gasteiger partial charge in [-0.05, 0) is 34.8 Å². The van der Waals surface area contributed by atoms with E-state index in [-0.39, 0.29) is 4.90 Å². The predicted molar refractivity (Wildman–Crippen MR) is 85.9 cm³/mol. The van der Waals surface area contributed by atoms with Crippen LogP contribution in [-0.2, 0) is 23.6 Å². The third-order valence-electron chi connectivity index (χ3n) is 3.10. The lowest BCUT2D eigenvalue weighted by molar-refractivity contribution is 0.601. The Morgan fingerprint density at radius 1 is 1.52 bits per heavy atom. The SMILES string of the molecule is Cn1cc(NS(=O)(=O)c2cc(CNC3CC3)sc2Br)cn1. The van der Waals surface area contributed by atoms with Crippen molar-refractivity contribution < 1.29 is 8.42 Å². The molecule has 21 heavy (non-hydrogen) atoms. The second-order valence-electron chi connectivity index (χ2n) is 5.01. The molecule has 1 aliphatic rings. The normalized spacial score (nSPS) is 15.3. The third kappa shape index (κ3) is 3.65. The smallest absolute Gasteiger partial charge is 0.263 e. The number of aryl methyl sites for hydroxylation is 1. The predicted octanol–water partition coefficient (Wildman–Crippen LogP) is 2.30. The first-order valence-corrected chi connectivity index (χ1v) is 9.56. The van der Waals surface area contributed by atoms with Crippen LogP contribution in [0, 0.1) is 0 Å². The minimum absolute atomic E-state index is 0.268. The second-order valence-corrected chi connectivity index (χ2v) is 9.12. The number of nitrogens with one attached hydrogen (secondary N) is 2. The Kier molecular flexibility index (Phi) is 4.08. The van der Waals surface area contributed by atoms with E-state index in [1.54, 1.807) is 24.0 Å². The molecule has 6 nitrogen and oxygen atoms in total. The summed E-state index contributed by atoms with van der Waals surface area (Å²) in [5.41, 5.74) is 0.452. The summed E-state index contributed by atoms with van der Waals surface area (Å²) in [6.45, 7) is 0.705. The fourth-order valence-corrected chi connectivity index (χ4v) is 5.55. The monoisotopic (exact) mass is 390 g/mol. The number of hydrogen-bond acceptors (Lipinski definition) is 5. The van der Waals surface area contributed by atoms with Crippen molar-refractivity contribution in [1.82, 2.24) is 15.1 Å². The first-order valence-electron chi connectivity index (χ1n) is 6.47. The Balaban J connectivity index is 1.77. The van der Waals surface area contributed by atoms with Crippen LogP contribution in [0.15, 0.2) is 27.1 Å². The summed E-state index contributed by atoms with van der Waals surface area (Å²) in [7, 11) is -1.86. The van der Waals surface area contributed by atoms with E-state index in [0.717, 1.165) is 4.88 Å². The van der Waals surface area contributed by atoms with Gasteiger partial charge >= 0.3 is 0 Å². The van der Waals surface area contributed by atoms with Crippen molar-refractivity contribution in [3.8, 4) is 0 Å². The van der Waals surface area contributed by atoms with Gasteiger partial charge in [-0.15, -0.1) is 11.3 Å². The van der Waals surface area contributed by atoms with Crippen LogP contribution in [0.5, 0.6) is 0 Å². The molecule has 2 aromatic heterocycles. The molecule has 2 N–H and O–H groups in total. The van der Waals surface area contributed by atoms with Crippen LogP contribution in [0.4, 0.5) is 5.69 Å². The van der Waals surface area contributed by atoms with Gasteiger partial charge in [-0.1, -0.05) is 0 Å². The molecule has 0 atom stereocenters. The number of anilines is 1. The maximum Gasteiger partial charge on any atom is 0.263 e. The molecule has 9 heteroatoms. The van der Waals surface area contributed by atoms with Crippen LogP contribution in [0.2, 0.25) is 0 Å². The lowest BCUT2D eigenvalue weighted by Crippen LogP contribution is -2.14. The molecule has 0 radical (unpaired) electrons. The molecule has 1 saturated carbocycles. The zero-order valence-electron chi connectivity index (χ0n) is 11.3. The molecule has 0 unspecified atom stereocenters. The lowest BCUT2D eigenvalue weighted by atomic mass is 10.4. The molecular weight excluding hydrogens is 376 g/mol. The number of sulfonamides is 1. The summed E-state index contributed by atoms with van der Waals surface area (Å²) >= 11 is 4.79. The maximum atomic E-state index is 12.4. The minimum atomic E-state index is -3.60. The van der Waals surface area contributed by atoms with Gasteiger partial charge in [-0.2, -0.15) is 5.10 Å². The number of thiophene rings is 1. The highest BCUT2D eigenvalue weighted by molar-refractivity contribution is 9.11. The van der Waals surface area contributed by atoms with Gasteiger partial charge in [0.15, 0.2) is 0 Å². The Hall–Kier alpha value is -0.900. The molecule has 0 aliphatic heterocycles. The van der Waals surface area contributed by atoms with E-state index in [1.807, 2.05) is 0 Å². The average Bonchev–Trinajstić information content (AvgIpc) is 3.03. The molecule has 0 amide bonds. The molecule has 1 aliphatic carbocycles. The zero-order valence-corrected chi connectivity index (χ0v) is 14.6. The highest BCUT2D eigenvalue weighted by Crippen LogP contribution is 2.33. The zero-order chi connectivity index (χ0) is 15.0. The van der Waals surface area contributed by atoms with Crippen molar-refractivity contribution in [2.24, 2.45) is 7.05 Å². The molecule has 0 spiro atoms. The standard InChI is InChI=1S/C12H15BrN4O2S2/c1-17-7-9(5-15-17)16-21(18,19)11-4-10(20-12(11)13)6-14-8-2-3-8/h4-5,7-8,14,16H,2-3,6H2,1H3. The second kappa shape index (κ2) is 5.71. The highest BCUT2D eigenvalue weighted by atomic mass is 79.9. The molecular formula is C12H15BrN4O2S2. The van der Waals surface area contributed by atoms with Crippen LogP contribution >= 0.6 is 27.3 Å². The third-order valence-corrected chi connectivity index (χ3v) is 6.73. The van der Waals surface area contributed by atoms with Gasteiger partial charge in [0.1, 0.15) is 4.90 Å². The molecule has 1 fully saturated rings. The van der Waals surface area contributed by atoms with Gasteiger partial charge in [0.2, 0.25) is 0 Å². The van der Waals surface area contributed by atoms with Crippen LogP contribution < -0.4 is 10.0 Å². The molecule has 3 rings (SSSR count).